The number of carbonyl (C=O) groups is 1. The third-order valence-electron chi connectivity index (χ3n) is 4.25. The van der Waals surface area contributed by atoms with Crippen molar-refractivity contribution in [2.75, 3.05) is 0 Å². The minimum Gasteiger partial charge on any atom is -0.478 e. The number of carboxylic acid groups (broad SMARTS) is 1. The minimum atomic E-state index is -0.925. The number of hydrogen-bond donors (Lipinski definition) is 2. The number of hydrogen-bond acceptors (Lipinski definition) is 1. The van der Waals surface area contributed by atoms with Gasteiger partial charge in [-0.05, 0) is 11.6 Å². The van der Waals surface area contributed by atoms with Crippen LogP contribution in [-0.2, 0) is 6.54 Å². The van der Waals surface area contributed by atoms with Crippen molar-refractivity contribution in [2.24, 2.45) is 0 Å². The molecular formula is C20H16N2O2. The first-order valence-electron chi connectivity index (χ1n) is 7.76. The van der Waals surface area contributed by atoms with Gasteiger partial charge in [0.1, 0.15) is 0 Å². The summed E-state index contributed by atoms with van der Waals surface area (Å²) in [6, 6.07) is 18.3. The Bertz CT molecular complexity index is 1010. The predicted octanol–water partition coefficient (Wildman–Crippen LogP) is 4.38. The van der Waals surface area contributed by atoms with Gasteiger partial charge in [0.15, 0.2) is 0 Å². The number of aromatic amines is 1. The molecule has 0 spiro atoms. The molecule has 0 bridgehead atoms. The van der Waals surface area contributed by atoms with Crippen LogP contribution in [0.2, 0.25) is 0 Å². The molecule has 0 aliphatic carbocycles. The van der Waals surface area contributed by atoms with E-state index < -0.39 is 5.97 Å². The van der Waals surface area contributed by atoms with Crippen molar-refractivity contribution in [3.63, 3.8) is 0 Å². The van der Waals surface area contributed by atoms with Crippen molar-refractivity contribution in [1.82, 2.24) is 9.55 Å². The summed E-state index contributed by atoms with van der Waals surface area (Å²) >= 11 is 0. The van der Waals surface area contributed by atoms with Crippen LogP contribution in [0.25, 0.3) is 22.0 Å². The molecule has 118 valence electrons. The lowest BCUT2D eigenvalue weighted by molar-refractivity contribution is 0.0698. The molecule has 2 aromatic carbocycles. The molecule has 0 radical (unpaired) electrons. The summed E-state index contributed by atoms with van der Waals surface area (Å²) in [6.07, 6.45) is 5.31. The number of rotatable bonds is 4. The van der Waals surface area contributed by atoms with Crippen molar-refractivity contribution in [3.8, 4) is 11.1 Å². The summed E-state index contributed by atoms with van der Waals surface area (Å²) < 4.78 is 2.17. The molecule has 0 aliphatic heterocycles. The van der Waals surface area contributed by atoms with Gasteiger partial charge in [-0.1, -0.05) is 48.5 Å². The smallest absolute Gasteiger partial charge is 0.337 e. The zero-order chi connectivity index (χ0) is 16.5. The van der Waals surface area contributed by atoms with Crippen LogP contribution in [0.4, 0.5) is 0 Å². The lowest BCUT2D eigenvalue weighted by Gasteiger charge is -2.05. The molecule has 4 nitrogen and oxygen atoms in total. The van der Waals surface area contributed by atoms with E-state index in [0.717, 1.165) is 23.0 Å². The van der Waals surface area contributed by atoms with Gasteiger partial charge in [0.25, 0.3) is 0 Å². The van der Waals surface area contributed by atoms with Gasteiger partial charge < -0.3 is 14.7 Å². The number of nitrogens with zero attached hydrogens (tertiary/aromatic N) is 1. The van der Waals surface area contributed by atoms with Gasteiger partial charge in [-0.25, -0.2) is 4.79 Å². The quantitative estimate of drug-likeness (QED) is 0.587. The maximum Gasteiger partial charge on any atom is 0.337 e. The monoisotopic (exact) mass is 316 g/mol. The normalized spacial score (nSPS) is 11.0. The molecule has 2 N–H and O–H groups in total. The second-order valence-corrected chi connectivity index (χ2v) is 5.76. The van der Waals surface area contributed by atoms with Crippen molar-refractivity contribution >= 4 is 16.9 Å². The number of benzene rings is 2. The fraction of sp³-hybridized carbons (Fsp3) is 0.0500. The average molecular weight is 316 g/mol. The van der Waals surface area contributed by atoms with Crippen LogP contribution < -0.4 is 0 Å². The van der Waals surface area contributed by atoms with E-state index in [0.29, 0.717) is 5.56 Å². The molecule has 4 heteroatoms. The number of carboxylic acids is 1. The van der Waals surface area contributed by atoms with Crippen molar-refractivity contribution in [2.45, 2.75) is 6.54 Å². The predicted molar refractivity (Wildman–Crippen MR) is 94.2 cm³/mol. The first kappa shape index (κ1) is 14.3. The number of nitrogens with one attached hydrogen (secondary N) is 1. The SMILES string of the molecule is O=C(O)c1c[nH]cc1-c1cn(Cc2ccccc2)c2ccccc12. The lowest BCUT2D eigenvalue weighted by atomic mass is 10.0. The Hall–Kier alpha value is -3.27. The van der Waals surface area contributed by atoms with Gasteiger partial charge in [0.2, 0.25) is 0 Å². The summed E-state index contributed by atoms with van der Waals surface area (Å²) in [5.74, 6) is -0.925. The zero-order valence-electron chi connectivity index (χ0n) is 12.9. The highest BCUT2D eigenvalue weighted by molar-refractivity contribution is 6.03. The van der Waals surface area contributed by atoms with E-state index in [1.54, 1.807) is 6.20 Å². The summed E-state index contributed by atoms with van der Waals surface area (Å²) in [6.45, 7) is 0.744. The third-order valence-corrected chi connectivity index (χ3v) is 4.25. The summed E-state index contributed by atoms with van der Waals surface area (Å²) in [7, 11) is 0. The molecular weight excluding hydrogens is 300 g/mol. The highest BCUT2D eigenvalue weighted by Crippen LogP contribution is 2.33. The molecule has 4 rings (SSSR count). The number of aromatic nitrogens is 2. The summed E-state index contributed by atoms with van der Waals surface area (Å²) in [5, 5.41) is 10.5. The Labute approximate surface area is 139 Å². The topological polar surface area (TPSA) is 58.0 Å². The fourth-order valence-electron chi connectivity index (χ4n) is 3.14. The molecule has 2 heterocycles. The lowest BCUT2D eigenvalue weighted by Crippen LogP contribution is -1.97. The van der Waals surface area contributed by atoms with E-state index in [2.05, 4.69) is 27.8 Å². The molecule has 0 saturated carbocycles. The maximum atomic E-state index is 11.5. The Morgan fingerprint density at radius 2 is 1.71 bits per heavy atom. The number of H-pyrrole nitrogens is 1. The van der Waals surface area contributed by atoms with Gasteiger partial charge >= 0.3 is 5.97 Å². The van der Waals surface area contributed by atoms with Crippen LogP contribution >= 0.6 is 0 Å². The van der Waals surface area contributed by atoms with E-state index in [4.69, 9.17) is 0 Å². The van der Waals surface area contributed by atoms with Crippen LogP contribution in [0, 0.1) is 0 Å². The minimum absolute atomic E-state index is 0.289. The standard InChI is InChI=1S/C20H16N2O2/c23-20(24)17-11-21-10-16(17)18-13-22(12-14-6-2-1-3-7-14)19-9-5-4-8-15(18)19/h1-11,13,21H,12H2,(H,23,24). The second-order valence-electron chi connectivity index (χ2n) is 5.76. The van der Waals surface area contributed by atoms with E-state index in [-0.39, 0.29) is 5.56 Å². The van der Waals surface area contributed by atoms with Gasteiger partial charge in [-0.2, -0.15) is 0 Å². The number of para-hydroxylation sites is 1. The Kier molecular flexibility index (Phi) is 3.43. The highest BCUT2D eigenvalue weighted by atomic mass is 16.4. The molecule has 0 aliphatic rings. The summed E-state index contributed by atoms with van der Waals surface area (Å²) in [4.78, 5) is 14.4. The van der Waals surface area contributed by atoms with Crippen LogP contribution in [0.5, 0.6) is 0 Å². The maximum absolute atomic E-state index is 11.5. The van der Waals surface area contributed by atoms with Gasteiger partial charge in [0, 0.05) is 47.2 Å². The van der Waals surface area contributed by atoms with E-state index in [9.17, 15) is 9.90 Å². The molecule has 2 aromatic heterocycles. The van der Waals surface area contributed by atoms with Gasteiger partial charge in [0.05, 0.1) is 5.56 Å². The van der Waals surface area contributed by atoms with Crippen molar-refractivity contribution in [1.29, 1.82) is 0 Å². The van der Waals surface area contributed by atoms with E-state index in [1.807, 2.05) is 42.6 Å². The van der Waals surface area contributed by atoms with E-state index in [1.165, 1.54) is 11.8 Å². The Morgan fingerprint density at radius 3 is 2.50 bits per heavy atom. The number of fused-ring (bicyclic) bond motifs is 1. The van der Waals surface area contributed by atoms with Crippen molar-refractivity contribution < 1.29 is 9.90 Å². The van der Waals surface area contributed by atoms with Crippen molar-refractivity contribution in [3.05, 3.63) is 84.3 Å². The molecule has 24 heavy (non-hydrogen) atoms. The molecule has 0 amide bonds. The van der Waals surface area contributed by atoms with Crippen LogP contribution in [0.3, 0.4) is 0 Å². The Morgan fingerprint density at radius 1 is 0.958 bits per heavy atom. The van der Waals surface area contributed by atoms with Gasteiger partial charge in [-0.15, -0.1) is 0 Å². The second kappa shape index (κ2) is 5.74. The first-order valence-corrected chi connectivity index (χ1v) is 7.76. The fourth-order valence-corrected chi connectivity index (χ4v) is 3.14. The Balaban J connectivity index is 1.88. The zero-order valence-corrected chi connectivity index (χ0v) is 12.9. The molecule has 0 atom stereocenters. The molecule has 0 unspecified atom stereocenters. The van der Waals surface area contributed by atoms with Crippen LogP contribution in [0.1, 0.15) is 15.9 Å². The van der Waals surface area contributed by atoms with Crippen LogP contribution in [-0.4, -0.2) is 20.6 Å². The molecule has 0 fully saturated rings. The molecule has 4 aromatic rings. The van der Waals surface area contributed by atoms with E-state index >= 15 is 0 Å². The number of aromatic carboxylic acids is 1. The third kappa shape index (κ3) is 2.38. The highest BCUT2D eigenvalue weighted by Gasteiger charge is 2.17. The average Bonchev–Trinajstić information content (AvgIpc) is 3.21. The van der Waals surface area contributed by atoms with Gasteiger partial charge in [-0.3, -0.25) is 0 Å². The molecule has 0 saturated heterocycles. The largest absolute Gasteiger partial charge is 0.478 e. The first-order chi connectivity index (χ1) is 11.7. The summed E-state index contributed by atoms with van der Waals surface area (Å²) in [5.41, 5.74) is 4.23. The van der Waals surface area contributed by atoms with Crippen LogP contribution in [0.15, 0.2) is 73.2 Å².